The maximum absolute atomic E-state index is 13.4. The van der Waals surface area contributed by atoms with E-state index in [-0.39, 0.29) is 25.5 Å². The number of carbonyl (C=O) groups excluding carboxylic acids is 3. The van der Waals surface area contributed by atoms with E-state index in [1.165, 1.54) is 12.0 Å². The molecule has 0 bridgehead atoms. The van der Waals surface area contributed by atoms with Crippen LogP contribution in [-0.2, 0) is 25.5 Å². The molecule has 4 aromatic rings. The molecule has 1 fully saturated rings. The van der Waals surface area contributed by atoms with Crippen molar-refractivity contribution in [1.29, 1.82) is 0 Å². The zero-order valence-corrected chi connectivity index (χ0v) is 21.9. The lowest BCUT2D eigenvalue weighted by atomic mass is 9.98. The number of ether oxygens (including phenoxy) is 2. The SMILES string of the molecule is COC(=O)[C@H](Cc1c[nH]c2ccccc12)N1C[C@H](O)[C@H](NC(=O)OCC2c3ccccc3-c3ccccc32)C1=O. The number of hydrogen-bond acceptors (Lipinski definition) is 6. The number of hydrogen-bond donors (Lipinski definition) is 3. The summed E-state index contributed by atoms with van der Waals surface area (Å²) in [5, 5.41) is 14.2. The van der Waals surface area contributed by atoms with Gasteiger partial charge < -0.3 is 29.8 Å². The number of amides is 2. The predicted molar refractivity (Wildman–Crippen MR) is 148 cm³/mol. The minimum atomic E-state index is -1.24. The van der Waals surface area contributed by atoms with E-state index < -0.39 is 36.2 Å². The molecule has 1 saturated heterocycles. The number of nitrogens with one attached hydrogen (secondary N) is 2. The summed E-state index contributed by atoms with van der Waals surface area (Å²) in [6, 6.07) is 21.4. The number of rotatable bonds is 7. The molecule has 6 rings (SSSR count). The molecule has 3 aromatic carbocycles. The van der Waals surface area contributed by atoms with Crippen LogP contribution in [0.1, 0.15) is 22.6 Å². The summed E-state index contributed by atoms with van der Waals surface area (Å²) < 4.78 is 10.6. The first-order valence-electron chi connectivity index (χ1n) is 13.2. The van der Waals surface area contributed by atoms with Crippen LogP contribution in [0, 0.1) is 0 Å². The summed E-state index contributed by atoms with van der Waals surface area (Å²) in [6.45, 7) is -0.0544. The fourth-order valence-electron chi connectivity index (χ4n) is 5.91. The summed E-state index contributed by atoms with van der Waals surface area (Å²) in [5.74, 6) is -1.32. The topological polar surface area (TPSA) is 121 Å². The van der Waals surface area contributed by atoms with Crippen LogP contribution >= 0.6 is 0 Å². The minimum Gasteiger partial charge on any atom is -0.467 e. The Labute approximate surface area is 230 Å². The van der Waals surface area contributed by atoms with Crippen LogP contribution in [0.3, 0.4) is 0 Å². The van der Waals surface area contributed by atoms with E-state index in [9.17, 15) is 19.5 Å². The first-order valence-corrected chi connectivity index (χ1v) is 13.2. The molecular weight excluding hydrogens is 510 g/mol. The second kappa shape index (κ2) is 10.5. The van der Waals surface area contributed by atoms with E-state index in [1.54, 1.807) is 6.20 Å². The summed E-state index contributed by atoms with van der Waals surface area (Å²) in [6.07, 6.45) is -0.0490. The van der Waals surface area contributed by atoms with Gasteiger partial charge in [-0.05, 0) is 33.9 Å². The van der Waals surface area contributed by atoms with E-state index in [1.807, 2.05) is 72.8 Å². The molecule has 40 heavy (non-hydrogen) atoms. The van der Waals surface area contributed by atoms with E-state index in [0.717, 1.165) is 38.7 Å². The normalized spacial score (nSPS) is 18.9. The fraction of sp³-hybridized carbons (Fsp3) is 0.258. The molecule has 2 amide bonds. The molecule has 9 heteroatoms. The number of carbonyl (C=O) groups is 3. The third kappa shape index (κ3) is 4.48. The van der Waals surface area contributed by atoms with Crippen LogP contribution in [-0.4, -0.2) is 71.4 Å². The second-order valence-corrected chi connectivity index (χ2v) is 10.1. The number of alkyl carbamates (subject to hydrolysis) is 1. The monoisotopic (exact) mass is 539 g/mol. The predicted octanol–water partition coefficient (Wildman–Crippen LogP) is 3.36. The van der Waals surface area contributed by atoms with Gasteiger partial charge in [0.25, 0.3) is 0 Å². The van der Waals surface area contributed by atoms with Crippen LogP contribution in [0.2, 0.25) is 0 Å². The number of fused-ring (bicyclic) bond motifs is 4. The number of aromatic amines is 1. The molecule has 1 aliphatic heterocycles. The Kier molecular flexibility index (Phi) is 6.73. The van der Waals surface area contributed by atoms with Crippen LogP contribution < -0.4 is 5.32 Å². The van der Waals surface area contributed by atoms with E-state index in [2.05, 4.69) is 10.3 Å². The molecule has 2 heterocycles. The first-order chi connectivity index (χ1) is 19.5. The van der Waals surface area contributed by atoms with Gasteiger partial charge in [-0.25, -0.2) is 9.59 Å². The van der Waals surface area contributed by atoms with Gasteiger partial charge in [0.1, 0.15) is 24.8 Å². The molecule has 1 aromatic heterocycles. The molecule has 3 atom stereocenters. The smallest absolute Gasteiger partial charge is 0.407 e. The quantitative estimate of drug-likeness (QED) is 0.310. The summed E-state index contributed by atoms with van der Waals surface area (Å²) in [7, 11) is 1.26. The highest BCUT2D eigenvalue weighted by atomic mass is 16.5. The number of methoxy groups -OCH3 is 1. The number of aliphatic hydroxyl groups excluding tert-OH is 1. The number of likely N-dealkylation sites (tertiary alicyclic amines) is 1. The van der Waals surface area contributed by atoms with Gasteiger partial charge in [0, 0.05) is 29.4 Å². The fourth-order valence-corrected chi connectivity index (χ4v) is 5.91. The van der Waals surface area contributed by atoms with Gasteiger partial charge in [-0.2, -0.15) is 0 Å². The Morgan fingerprint density at radius 1 is 1.02 bits per heavy atom. The number of benzene rings is 3. The van der Waals surface area contributed by atoms with E-state index >= 15 is 0 Å². The highest BCUT2D eigenvalue weighted by molar-refractivity contribution is 5.93. The van der Waals surface area contributed by atoms with Crippen molar-refractivity contribution < 1.29 is 29.0 Å². The number of aliphatic hydroxyl groups is 1. The van der Waals surface area contributed by atoms with Crippen molar-refractivity contribution in [1.82, 2.24) is 15.2 Å². The standard InChI is InChI=1S/C31H29N3O6/c1-39-30(37)26(14-18-15-32-25-13-7-6-8-19(18)25)34-16-27(35)28(29(34)36)33-31(38)40-17-24-22-11-4-2-9-20(22)21-10-3-5-12-23(21)24/h2-13,15,24,26-28,32,35H,14,16-17H2,1H3,(H,33,38)/t26-,27-,28-/m0/s1. The van der Waals surface area contributed by atoms with Gasteiger partial charge in [-0.1, -0.05) is 66.7 Å². The van der Waals surface area contributed by atoms with Crippen molar-refractivity contribution in [3.63, 3.8) is 0 Å². The van der Waals surface area contributed by atoms with Gasteiger partial charge in [0.2, 0.25) is 5.91 Å². The van der Waals surface area contributed by atoms with Gasteiger partial charge >= 0.3 is 12.1 Å². The molecule has 9 nitrogen and oxygen atoms in total. The summed E-state index contributed by atoms with van der Waals surface area (Å²) >= 11 is 0. The van der Waals surface area contributed by atoms with Crippen molar-refractivity contribution in [2.45, 2.75) is 30.5 Å². The third-order valence-electron chi connectivity index (χ3n) is 7.87. The van der Waals surface area contributed by atoms with Gasteiger partial charge in [0.05, 0.1) is 13.7 Å². The van der Waals surface area contributed by atoms with Crippen LogP contribution in [0.4, 0.5) is 4.79 Å². The van der Waals surface area contributed by atoms with E-state index in [0.29, 0.717) is 0 Å². The zero-order valence-electron chi connectivity index (χ0n) is 21.9. The highest BCUT2D eigenvalue weighted by Gasteiger charge is 2.46. The Morgan fingerprint density at radius 3 is 2.38 bits per heavy atom. The van der Waals surface area contributed by atoms with Crippen LogP contribution in [0.15, 0.2) is 79.0 Å². The molecule has 3 N–H and O–H groups in total. The number of aromatic nitrogens is 1. The molecule has 0 unspecified atom stereocenters. The number of H-pyrrole nitrogens is 1. The lowest BCUT2D eigenvalue weighted by Gasteiger charge is -2.25. The zero-order chi connectivity index (χ0) is 27.8. The van der Waals surface area contributed by atoms with E-state index in [4.69, 9.17) is 9.47 Å². The average molecular weight is 540 g/mol. The molecule has 2 aliphatic rings. The van der Waals surface area contributed by atoms with Crippen molar-refractivity contribution in [2.24, 2.45) is 0 Å². The third-order valence-corrected chi connectivity index (χ3v) is 7.87. The molecule has 0 radical (unpaired) electrons. The van der Waals surface area contributed by atoms with Crippen molar-refractivity contribution in [3.05, 3.63) is 95.7 Å². The lowest BCUT2D eigenvalue weighted by molar-refractivity contribution is -0.151. The number of β-amino-alcohol motifs (C(OH)–C–C–N with tert-alkyl or cyclic N) is 1. The van der Waals surface area contributed by atoms with Crippen LogP contribution in [0.25, 0.3) is 22.0 Å². The molecule has 204 valence electrons. The van der Waals surface area contributed by atoms with Crippen LogP contribution in [0.5, 0.6) is 0 Å². The van der Waals surface area contributed by atoms with Gasteiger partial charge in [0.15, 0.2) is 0 Å². The molecule has 1 aliphatic carbocycles. The van der Waals surface area contributed by atoms with Gasteiger partial charge in [-0.15, -0.1) is 0 Å². The molecule has 0 spiro atoms. The molecular formula is C31H29N3O6. The number of para-hydroxylation sites is 1. The van der Waals surface area contributed by atoms with Crippen molar-refractivity contribution >= 4 is 28.9 Å². The lowest BCUT2D eigenvalue weighted by Crippen LogP contribution is -2.49. The number of nitrogens with zero attached hydrogens (tertiary/aromatic N) is 1. The minimum absolute atomic E-state index is 0.0753. The highest BCUT2D eigenvalue weighted by Crippen LogP contribution is 2.44. The Morgan fingerprint density at radius 2 is 1.68 bits per heavy atom. The largest absolute Gasteiger partial charge is 0.467 e. The maximum Gasteiger partial charge on any atom is 0.407 e. The summed E-state index contributed by atoms with van der Waals surface area (Å²) in [5.41, 5.74) is 6.09. The molecule has 0 saturated carbocycles. The van der Waals surface area contributed by atoms with Crippen molar-refractivity contribution in [2.75, 3.05) is 20.3 Å². The number of esters is 1. The Bertz CT molecular complexity index is 1550. The summed E-state index contributed by atoms with van der Waals surface area (Å²) in [4.78, 5) is 43.4. The second-order valence-electron chi connectivity index (χ2n) is 10.1. The Hall–Kier alpha value is -4.63. The average Bonchev–Trinajstić information content (AvgIpc) is 3.62. The first kappa shape index (κ1) is 25.6. The maximum atomic E-state index is 13.4. The van der Waals surface area contributed by atoms with Crippen molar-refractivity contribution in [3.8, 4) is 11.1 Å². The van der Waals surface area contributed by atoms with Gasteiger partial charge in [-0.3, -0.25) is 4.79 Å². The Balaban J connectivity index is 1.14.